The maximum absolute atomic E-state index is 6.18. The average Bonchev–Trinajstić information content (AvgIpc) is 3.47. The maximum Gasteiger partial charge on any atom is 0.151 e. The van der Waals surface area contributed by atoms with Crippen molar-refractivity contribution in [2.75, 3.05) is 37.4 Å². The molecule has 5 heterocycles. The highest BCUT2D eigenvalue weighted by atomic mass is 16.5. The van der Waals surface area contributed by atoms with Gasteiger partial charge in [0.25, 0.3) is 0 Å². The number of aryl methyl sites for hydroxylation is 1. The summed E-state index contributed by atoms with van der Waals surface area (Å²) in [5.41, 5.74) is 10.4. The summed E-state index contributed by atoms with van der Waals surface area (Å²) in [4.78, 5) is 14.2. The summed E-state index contributed by atoms with van der Waals surface area (Å²) in [7, 11) is 0. The molecule has 30 heavy (non-hydrogen) atoms. The van der Waals surface area contributed by atoms with Gasteiger partial charge in [-0.25, -0.2) is 15.0 Å². The second-order valence-electron chi connectivity index (χ2n) is 8.02. The molecule has 2 saturated heterocycles. The van der Waals surface area contributed by atoms with Crippen LogP contribution >= 0.6 is 0 Å². The molecule has 4 N–H and O–H groups in total. The number of rotatable bonds is 5. The van der Waals surface area contributed by atoms with Gasteiger partial charge in [-0.1, -0.05) is 6.92 Å². The van der Waals surface area contributed by atoms with Gasteiger partial charge in [0.2, 0.25) is 0 Å². The van der Waals surface area contributed by atoms with E-state index < -0.39 is 0 Å². The van der Waals surface area contributed by atoms with Crippen LogP contribution in [0, 0.1) is 0 Å². The molecule has 2 aliphatic rings. The number of piperidine rings is 1. The van der Waals surface area contributed by atoms with Crippen LogP contribution in [-0.2, 0) is 11.2 Å². The van der Waals surface area contributed by atoms with E-state index in [2.05, 4.69) is 38.5 Å². The molecule has 0 saturated carbocycles. The van der Waals surface area contributed by atoms with Gasteiger partial charge >= 0.3 is 0 Å². The van der Waals surface area contributed by atoms with Gasteiger partial charge in [0.1, 0.15) is 16.9 Å². The lowest BCUT2D eigenvalue weighted by Gasteiger charge is -2.22. The van der Waals surface area contributed by atoms with Crippen molar-refractivity contribution in [1.82, 2.24) is 30.0 Å². The quantitative estimate of drug-likeness (QED) is 0.588. The second kappa shape index (κ2) is 8.16. The lowest BCUT2D eigenvalue weighted by atomic mass is 10.1. The number of nitrogens with zero attached hydrogens (tertiary/aromatic N) is 5. The molecular formula is C21H28N8O. The van der Waals surface area contributed by atoms with E-state index >= 15 is 0 Å². The molecule has 0 spiro atoms. The number of fused-ring (bicyclic) bond motifs is 1. The third-order valence-electron chi connectivity index (χ3n) is 6.00. The summed E-state index contributed by atoms with van der Waals surface area (Å²) in [6.45, 7) is 5.59. The van der Waals surface area contributed by atoms with Crippen molar-refractivity contribution in [2.45, 2.75) is 44.7 Å². The van der Waals surface area contributed by atoms with Crippen molar-refractivity contribution in [2.24, 2.45) is 0 Å². The third-order valence-corrected chi connectivity index (χ3v) is 6.00. The van der Waals surface area contributed by atoms with E-state index in [0.717, 1.165) is 73.5 Å². The van der Waals surface area contributed by atoms with Crippen LogP contribution in [-0.4, -0.2) is 57.1 Å². The largest absolute Gasteiger partial charge is 0.382 e. The van der Waals surface area contributed by atoms with E-state index in [9.17, 15) is 0 Å². The van der Waals surface area contributed by atoms with E-state index in [-0.39, 0.29) is 6.04 Å². The summed E-state index contributed by atoms with van der Waals surface area (Å²) in [6, 6.07) is 0.678. The van der Waals surface area contributed by atoms with Crippen molar-refractivity contribution in [3.8, 4) is 11.1 Å². The number of pyridine rings is 1. The number of anilines is 2. The van der Waals surface area contributed by atoms with Gasteiger partial charge in [0.05, 0.1) is 30.6 Å². The highest BCUT2D eigenvalue weighted by Gasteiger charge is 2.21. The standard InChI is InChI=1S/C21H28N8O/c1-2-17-21(26-14-5-8-30-12-14)28-18-16(10-24-20(22)19(18)27-17)13-9-25-29(11-13)15-3-6-23-7-4-15/h9-11,14-15,23H,2-8,12H2,1H3,(H2,22,24)(H,26,28)/t14-/m0/s1. The van der Waals surface area contributed by atoms with Crippen LogP contribution in [0.15, 0.2) is 18.6 Å². The van der Waals surface area contributed by atoms with Crippen LogP contribution in [0.4, 0.5) is 11.6 Å². The number of nitrogens with two attached hydrogens (primary N) is 1. The first-order chi connectivity index (χ1) is 14.7. The zero-order chi connectivity index (χ0) is 20.5. The molecule has 5 rings (SSSR count). The van der Waals surface area contributed by atoms with Crippen molar-refractivity contribution in [3.63, 3.8) is 0 Å². The van der Waals surface area contributed by atoms with Gasteiger partial charge in [0.15, 0.2) is 5.82 Å². The number of hydrogen-bond donors (Lipinski definition) is 3. The molecule has 9 nitrogen and oxygen atoms in total. The molecule has 9 heteroatoms. The molecule has 158 valence electrons. The molecule has 0 bridgehead atoms. The van der Waals surface area contributed by atoms with E-state index in [0.29, 0.717) is 24.0 Å². The van der Waals surface area contributed by atoms with Gasteiger partial charge in [-0.05, 0) is 38.8 Å². The number of nitrogens with one attached hydrogen (secondary N) is 2. The SMILES string of the molecule is CCc1nc2c(N)ncc(-c3cnn(C4CCNCC4)c3)c2nc1N[C@H]1CCOC1. The Morgan fingerprint density at radius 3 is 2.83 bits per heavy atom. The number of ether oxygens (including phenoxy) is 1. The number of hydrogen-bond acceptors (Lipinski definition) is 8. The molecule has 2 aliphatic heterocycles. The van der Waals surface area contributed by atoms with E-state index in [1.807, 2.05) is 6.20 Å². The van der Waals surface area contributed by atoms with Crippen LogP contribution < -0.4 is 16.4 Å². The van der Waals surface area contributed by atoms with Gasteiger partial charge in [-0.15, -0.1) is 0 Å². The molecule has 3 aromatic rings. The second-order valence-corrected chi connectivity index (χ2v) is 8.02. The molecular weight excluding hydrogens is 380 g/mol. The molecule has 3 aromatic heterocycles. The minimum atomic E-state index is 0.257. The Kier molecular flexibility index (Phi) is 5.22. The molecule has 0 amide bonds. The van der Waals surface area contributed by atoms with Crippen molar-refractivity contribution < 1.29 is 4.74 Å². The van der Waals surface area contributed by atoms with Gasteiger partial charge in [-0.2, -0.15) is 5.10 Å². The van der Waals surface area contributed by atoms with Crippen LogP contribution in [0.2, 0.25) is 0 Å². The Bertz CT molecular complexity index is 1040. The normalized spacial score (nSPS) is 20.1. The molecule has 2 fully saturated rings. The summed E-state index contributed by atoms with van der Waals surface area (Å²) >= 11 is 0. The minimum Gasteiger partial charge on any atom is -0.382 e. The Morgan fingerprint density at radius 1 is 1.20 bits per heavy atom. The summed E-state index contributed by atoms with van der Waals surface area (Å²) in [5.74, 6) is 1.20. The van der Waals surface area contributed by atoms with Crippen molar-refractivity contribution in [1.29, 1.82) is 0 Å². The monoisotopic (exact) mass is 408 g/mol. The fourth-order valence-corrected chi connectivity index (χ4v) is 4.26. The van der Waals surface area contributed by atoms with E-state index in [4.69, 9.17) is 20.4 Å². The molecule has 0 aromatic carbocycles. The average molecular weight is 409 g/mol. The fourth-order valence-electron chi connectivity index (χ4n) is 4.26. The highest BCUT2D eigenvalue weighted by Crippen LogP contribution is 2.31. The molecule has 0 aliphatic carbocycles. The minimum absolute atomic E-state index is 0.257. The van der Waals surface area contributed by atoms with Gasteiger partial charge in [0, 0.05) is 30.1 Å². The maximum atomic E-state index is 6.18. The number of nitrogen functional groups attached to an aromatic ring is 1. The summed E-state index contributed by atoms with van der Waals surface area (Å²) < 4.78 is 7.58. The Labute approximate surface area is 175 Å². The van der Waals surface area contributed by atoms with Crippen molar-refractivity contribution >= 4 is 22.7 Å². The first-order valence-corrected chi connectivity index (χ1v) is 10.8. The third kappa shape index (κ3) is 3.59. The molecule has 0 radical (unpaired) electrons. The predicted molar refractivity (Wildman–Crippen MR) is 116 cm³/mol. The van der Waals surface area contributed by atoms with Crippen molar-refractivity contribution in [3.05, 3.63) is 24.3 Å². The van der Waals surface area contributed by atoms with Gasteiger partial charge in [-0.3, -0.25) is 4.68 Å². The smallest absolute Gasteiger partial charge is 0.151 e. The Hall–Kier alpha value is -2.78. The Balaban J connectivity index is 1.56. The van der Waals surface area contributed by atoms with Gasteiger partial charge < -0.3 is 21.1 Å². The predicted octanol–water partition coefficient (Wildman–Crippen LogP) is 2.16. The zero-order valence-corrected chi connectivity index (χ0v) is 17.3. The summed E-state index contributed by atoms with van der Waals surface area (Å²) in [5, 5.41) is 11.6. The lowest BCUT2D eigenvalue weighted by molar-refractivity contribution is 0.195. The molecule has 0 unspecified atom stereocenters. The van der Waals surface area contributed by atoms with Crippen LogP contribution in [0.1, 0.15) is 37.9 Å². The molecule has 1 atom stereocenters. The highest BCUT2D eigenvalue weighted by molar-refractivity contribution is 5.96. The van der Waals surface area contributed by atoms with E-state index in [1.165, 1.54) is 0 Å². The lowest BCUT2D eigenvalue weighted by Crippen LogP contribution is -2.29. The van der Waals surface area contributed by atoms with Crippen LogP contribution in [0.5, 0.6) is 0 Å². The first-order valence-electron chi connectivity index (χ1n) is 10.8. The number of aromatic nitrogens is 5. The van der Waals surface area contributed by atoms with Crippen LogP contribution in [0.25, 0.3) is 22.2 Å². The van der Waals surface area contributed by atoms with Crippen LogP contribution in [0.3, 0.4) is 0 Å². The Morgan fingerprint density at radius 2 is 2.07 bits per heavy atom. The summed E-state index contributed by atoms with van der Waals surface area (Å²) in [6.07, 6.45) is 9.66. The zero-order valence-electron chi connectivity index (χ0n) is 17.3. The first kappa shape index (κ1) is 19.2. The topological polar surface area (TPSA) is 116 Å². The van der Waals surface area contributed by atoms with E-state index in [1.54, 1.807) is 6.20 Å². The fraction of sp³-hybridized carbons (Fsp3) is 0.524.